The lowest BCUT2D eigenvalue weighted by Gasteiger charge is -2.39. The number of morpholine rings is 1. The summed E-state index contributed by atoms with van der Waals surface area (Å²) in [7, 11) is 1.82. The minimum Gasteiger partial charge on any atom is -0.361 e. The maximum atomic E-state index is 12.0. The van der Waals surface area contributed by atoms with Crippen molar-refractivity contribution in [1.82, 2.24) is 4.90 Å². The largest absolute Gasteiger partial charge is 0.361 e. The fourth-order valence-corrected chi connectivity index (χ4v) is 2.82. The summed E-state index contributed by atoms with van der Waals surface area (Å²) in [5.41, 5.74) is 2.08. The van der Waals surface area contributed by atoms with Crippen molar-refractivity contribution in [3.8, 4) is 0 Å². The number of benzene rings is 2. The molecule has 1 saturated heterocycles. The van der Waals surface area contributed by atoms with Gasteiger partial charge in [-0.05, 0) is 23.3 Å². The Labute approximate surface area is 129 Å². The summed E-state index contributed by atoms with van der Waals surface area (Å²) in [5.74, 6) is -0.0119. The van der Waals surface area contributed by atoms with Gasteiger partial charge < -0.3 is 9.64 Å². The Morgan fingerprint density at radius 3 is 2.38 bits per heavy atom. The van der Waals surface area contributed by atoms with Crippen molar-refractivity contribution in [3.63, 3.8) is 0 Å². The fourth-order valence-electron chi connectivity index (χ4n) is 2.69. The van der Waals surface area contributed by atoms with Gasteiger partial charge in [-0.2, -0.15) is 0 Å². The van der Waals surface area contributed by atoms with Gasteiger partial charge in [0.05, 0.1) is 6.04 Å². The van der Waals surface area contributed by atoms with Crippen molar-refractivity contribution in [2.45, 2.75) is 12.1 Å². The molecular weight excluding hydrogens is 286 g/mol. The summed E-state index contributed by atoms with van der Waals surface area (Å²) in [6, 6.07) is 17.4. The van der Waals surface area contributed by atoms with E-state index in [-0.39, 0.29) is 24.7 Å². The monoisotopic (exact) mass is 301 g/mol. The maximum absolute atomic E-state index is 12.0. The van der Waals surface area contributed by atoms with Crippen molar-refractivity contribution >= 4 is 17.5 Å². The molecule has 2 aromatic rings. The molecule has 3 nitrogen and oxygen atoms in total. The lowest BCUT2D eigenvalue weighted by atomic mass is 9.93. The van der Waals surface area contributed by atoms with Crippen molar-refractivity contribution in [2.24, 2.45) is 0 Å². The van der Waals surface area contributed by atoms with Gasteiger partial charge in [0.1, 0.15) is 12.7 Å². The third kappa shape index (κ3) is 2.80. The molecule has 0 spiro atoms. The Kier molecular flexibility index (Phi) is 3.95. The zero-order valence-electron chi connectivity index (χ0n) is 11.7. The minimum atomic E-state index is -0.171. The molecule has 0 N–H and O–H groups in total. The Balaban J connectivity index is 2.01. The van der Waals surface area contributed by atoms with Crippen LogP contribution in [0.5, 0.6) is 0 Å². The average Bonchev–Trinajstić information content (AvgIpc) is 2.52. The van der Waals surface area contributed by atoms with Crippen LogP contribution < -0.4 is 0 Å². The fraction of sp³-hybridized carbons (Fsp3) is 0.235. The van der Waals surface area contributed by atoms with E-state index < -0.39 is 0 Å². The highest BCUT2D eigenvalue weighted by molar-refractivity contribution is 6.30. The van der Waals surface area contributed by atoms with Crippen LogP contribution in [0, 0.1) is 0 Å². The Bertz CT molecular complexity index is 627. The molecule has 0 radical (unpaired) electrons. The molecule has 1 aliphatic heterocycles. The number of carbonyl (C=O) groups is 1. The number of halogens is 1. The summed E-state index contributed by atoms with van der Waals surface area (Å²) in [6.07, 6.45) is -0.171. The molecule has 1 heterocycles. The number of ether oxygens (including phenoxy) is 1. The van der Waals surface area contributed by atoms with Crippen LogP contribution in [0.25, 0.3) is 0 Å². The molecule has 3 rings (SSSR count). The molecule has 0 aromatic heterocycles. The number of amides is 1. The van der Waals surface area contributed by atoms with E-state index in [0.29, 0.717) is 5.02 Å². The van der Waals surface area contributed by atoms with E-state index in [1.54, 1.807) is 4.90 Å². The van der Waals surface area contributed by atoms with E-state index in [9.17, 15) is 4.79 Å². The molecule has 2 unspecified atom stereocenters. The Morgan fingerprint density at radius 2 is 1.71 bits per heavy atom. The number of likely N-dealkylation sites (N-methyl/N-ethyl adjacent to an activating group) is 1. The van der Waals surface area contributed by atoms with Gasteiger partial charge in [0.25, 0.3) is 0 Å². The smallest absolute Gasteiger partial charge is 0.248 e. The molecular formula is C17H16ClNO2. The van der Waals surface area contributed by atoms with Crippen LogP contribution >= 0.6 is 11.6 Å². The number of nitrogens with zero attached hydrogens (tertiary/aromatic N) is 1. The SMILES string of the molecule is CN1C(=O)COC(c2ccccc2)C1c1ccc(Cl)cc1. The highest BCUT2D eigenvalue weighted by Gasteiger charge is 2.36. The summed E-state index contributed by atoms with van der Waals surface area (Å²) in [6.45, 7) is 0.111. The molecule has 0 aliphatic carbocycles. The molecule has 0 bridgehead atoms. The molecule has 108 valence electrons. The van der Waals surface area contributed by atoms with Gasteiger partial charge in [-0.25, -0.2) is 0 Å². The lowest BCUT2D eigenvalue weighted by molar-refractivity contribution is -0.155. The standard InChI is InChI=1S/C17H16ClNO2/c1-19-15(20)11-21-17(13-5-3-2-4-6-13)16(19)12-7-9-14(18)10-8-12/h2-10,16-17H,11H2,1H3. The quantitative estimate of drug-likeness (QED) is 0.848. The van der Waals surface area contributed by atoms with Gasteiger partial charge in [0, 0.05) is 12.1 Å². The molecule has 2 aromatic carbocycles. The van der Waals surface area contributed by atoms with Crippen molar-refractivity contribution in [3.05, 3.63) is 70.7 Å². The van der Waals surface area contributed by atoms with Crippen LogP contribution in [0.3, 0.4) is 0 Å². The van der Waals surface area contributed by atoms with E-state index in [1.807, 2.05) is 61.6 Å². The first-order valence-corrected chi connectivity index (χ1v) is 7.22. The normalized spacial score (nSPS) is 22.4. The van der Waals surface area contributed by atoms with E-state index >= 15 is 0 Å². The number of carbonyl (C=O) groups excluding carboxylic acids is 1. The molecule has 2 atom stereocenters. The van der Waals surface area contributed by atoms with E-state index in [0.717, 1.165) is 11.1 Å². The van der Waals surface area contributed by atoms with Crippen LogP contribution in [-0.4, -0.2) is 24.5 Å². The van der Waals surface area contributed by atoms with Crippen LogP contribution in [0.15, 0.2) is 54.6 Å². The molecule has 4 heteroatoms. The first kappa shape index (κ1) is 14.1. The molecule has 21 heavy (non-hydrogen) atoms. The second-order valence-corrected chi connectivity index (χ2v) is 5.58. The summed E-state index contributed by atoms with van der Waals surface area (Å²) >= 11 is 5.96. The number of hydrogen-bond acceptors (Lipinski definition) is 2. The third-order valence-electron chi connectivity index (χ3n) is 3.82. The van der Waals surface area contributed by atoms with Crippen molar-refractivity contribution in [2.75, 3.05) is 13.7 Å². The number of rotatable bonds is 2. The first-order valence-electron chi connectivity index (χ1n) is 6.84. The molecule has 1 fully saturated rings. The highest BCUT2D eigenvalue weighted by Crippen LogP contribution is 2.39. The summed E-state index contributed by atoms with van der Waals surface area (Å²) in [5, 5.41) is 0.681. The summed E-state index contributed by atoms with van der Waals surface area (Å²) < 4.78 is 5.82. The molecule has 1 amide bonds. The van der Waals surface area contributed by atoms with Crippen LogP contribution in [0.4, 0.5) is 0 Å². The van der Waals surface area contributed by atoms with E-state index in [4.69, 9.17) is 16.3 Å². The third-order valence-corrected chi connectivity index (χ3v) is 4.08. The van der Waals surface area contributed by atoms with Crippen LogP contribution in [0.2, 0.25) is 5.02 Å². The van der Waals surface area contributed by atoms with Gasteiger partial charge in [0.15, 0.2) is 0 Å². The number of hydrogen-bond donors (Lipinski definition) is 0. The zero-order valence-corrected chi connectivity index (χ0v) is 12.5. The second kappa shape index (κ2) is 5.88. The predicted octanol–water partition coefficient (Wildman–Crippen LogP) is 3.61. The first-order chi connectivity index (χ1) is 10.2. The van der Waals surface area contributed by atoms with Crippen molar-refractivity contribution in [1.29, 1.82) is 0 Å². The van der Waals surface area contributed by atoms with Crippen molar-refractivity contribution < 1.29 is 9.53 Å². The maximum Gasteiger partial charge on any atom is 0.248 e. The Hall–Kier alpha value is -1.84. The summed E-state index contributed by atoms with van der Waals surface area (Å²) in [4.78, 5) is 13.8. The van der Waals surface area contributed by atoms with Gasteiger partial charge in [0.2, 0.25) is 5.91 Å². The minimum absolute atomic E-state index is 0.0119. The zero-order chi connectivity index (χ0) is 14.8. The predicted molar refractivity (Wildman–Crippen MR) is 82.1 cm³/mol. The van der Waals surface area contributed by atoms with E-state index in [1.165, 1.54) is 0 Å². The topological polar surface area (TPSA) is 29.5 Å². The molecule has 0 saturated carbocycles. The molecule has 1 aliphatic rings. The van der Waals surface area contributed by atoms with Gasteiger partial charge in [-0.3, -0.25) is 4.79 Å². The van der Waals surface area contributed by atoms with Gasteiger partial charge in [-0.1, -0.05) is 54.1 Å². The lowest BCUT2D eigenvalue weighted by Crippen LogP contribution is -2.43. The Morgan fingerprint density at radius 1 is 1.05 bits per heavy atom. The van der Waals surface area contributed by atoms with E-state index in [2.05, 4.69) is 0 Å². The highest BCUT2D eigenvalue weighted by atomic mass is 35.5. The van der Waals surface area contributed by atoms with Gasteiger partial charge >= 0.3 is 0 Å². The average molecular weight is 302 g/mol. The van der Waals surface area contributed by atoms with Gasteiger partial charge in [-0.15, -0.1) is 0 Å². The van der Waals surface area contributed by atoms with Crippen LogP contribution in [-0.2, 0) is 9.53 Å². The van der Waals surface area contributed by atoms with Crippen LogP contribution in [0.1, 0.15) is 23.3 Å². The second-order valence-electron chi connectivity index (χ2n) is 5.14.